The number of hydrogen-bond donors (Lipinski definition) is 2. The number of H-pyrrole nitrogens is 1. The fourth-order valence-corrected chi connectivity index (χ4v) is 2.43. The molecule has 5 heteroatoms. The molecule has 0 fully saturated rings. The summed E-state index contributed by atoms with van der Waals surface area (Å²) in [6.45, 7) is 1.78. The molecule has 0 saturated heterocycles. The lowest BCUT2D eigenvalue weighted by molar-refractivity contribution is 0.0938. The highest BCUT2D eigenvalue weighted by Gasteiger charge is 2.15. The topological polar surface area (TPSA) is 62.0 Å². The Morgan fingerprint density at radius 2 is 1.83 bits per heavy atom. The number of carbonyl (C=O) groups excluding carboxylic acids is 1. The Morgan fingerprint density at radius 1 is 1.13 bits per heavy atom. The summed E-state index contributed by atoms with van der Waals surface area (Å²) >= 11 is 0. The summed E-state index contributed by atoms with van der Waals surface area (Å²) < 4.78 is 12.9. The van der Waals surface area contributed by atoms with E-state index in [-0.39, 0.29) is 17.4 Å². The molecule has 2 aromatic carbocycles. The van der Waals surface area contributed by atoms with Crippen LogP contribution in [0.5, 0.6) is 0 Å². The fraction of sp³-hybridized carbons (Fsp3) is 0.111. The van der Waals surface area contributed by atoms with Crippen LogP contribution in [0, 0.1) is 5.82 Å². The van der Waals surface area contributed by atoms with Crippen molar-refractivity contribution in [2.45, 2.75) is 13.0 Å². The first-order chi connectivity index (χ1) is 11.0. The summed E-state index contributed by atoms with van der Waals surface area (Å²) in [4.78, 5) is 27.1. The van der Waals surface area contributed by atoms with Crippen LogP contribution in [0.4, 0.5) is 4.39 Å². The molecule has 0 aliphatic rings. The summed E-state index contributed by atoms with van der Waals surface area (Å²) in [5.41, 5.74) is 1.06. The Hall–Kier alpha value is -2.95. The number of aromatic amines is 1. The zero-order valence-corrected chi connectivity index (χ0v) is 12.5. The van der Waals surface area contributed by atoms with Crippen molar-refractivity contribution in [3.05, 3.63) is 81.9 Å². The molecular formula is C18H15FN2O2. The molecule has 3 rings (SSSR count). The molecule has 0 bridgehead atoms. The van der Waals surface area contributed by atoms with E-state index in [1.54, 1.807) is 31.2 Å². The zero-order valence-electron chi connectivity index (χ0n) is 12.5. The van der Waals surface area contributed by atoms with Gasteiger partial charge in [0.05, 0.1) is 6.04 Å². The molecule has 1 heterocycles. The molecule has 1 atom stereocenters. The fourth-order valence-electron chi connectivity index (χ4n) is 2.43. The van der Waals surface area contributed by atoms with Gasteiger partial charge in [0.1, 0.15) is 11.4 Å². The SMILES string of the molecule is CC(NC(=O)c1cc2ccccc2[nH]c1=O)c1ccc(F)cc1. The van der Waals surface area contributed by atoms with Gasteiger partial charge in [0.25, 0.3) is 11.5 Å². The van der Waals surface area contributed by atoms with Crippen LogP contribution >= 0.6 is 0 Å². The second kappa shape index (κ2) is 6.04. The van der Waals surface area contributed by atoms with Gasteiger partial charge in [0, 0.05) is 5.52 Å². The number of carbonyl (C=O) groups is 1. The zero-order chi connectivity index (χ0) is 16.4. The number of benzene rings is 2. The van der Waals surface area contributed by atoms with Crippen molar-refractivity contribution in [3.8, 4) is 0 Å². The minimum absolute atomic E-state index is 0.0534. The molecule has 1 unspecified atom stereocenters. The van der Waals surface area contributed by atoms with Crippen LogP contribution < -0.4 is 10.9 Å². The quantitative estimate of drug-likeness (QED) is 0.780. The minimum Gasteiger partial charge on any atom is -0.345 e. The maximum Gasteiger partial charge on any atom is 0.261 e. The molecule has 116 valence electrons. The van der Waals surface area contributed by atoms with Crippen molar-refractivity contribution in [3.63, 3.8) is 0 Å². The van der Waals surface area contributed by atoms with E-state index >= 15 is 0 Å². The normalized spacial score (nSPS) is 12.1. The van der Waals surface area contributed by atoms with Crippen molar-refractivity contribution in [2.24, 2.45) is 0 Å². The Kier molecular flexibility index (Phi) is 3.93. The standard InChI is InChI=1S/C18H15FN2O2/c1-11(12-6-8-14(19)9-7-12)20-17(22)15-10-13-4-2-3-5-16(13)21-18(15)23/h2-11H,1H3,(H,20,22)(H,21,23). The Labute approximate surface area is 132 Å². The predicted molar refractivity (Wildman–Crippen MR) is 86.8 cm³/mol. The van der Waals surface area contributed by atoms with Gasteiger partial charge in [-0.1, -0.05) is 30.3 Å². The molecule has 0 saturated carbocycles. The average Bonchev–Trinajstić information content (AvgIpc) is 2.54. The molecule has 0 spiro atoms. The van der Waals surface area contributed by atoms with Crippen LogP contribution in [-0.2, 0) is 0 Å². The van der Waals surface area contributed by atoms with Gasteiger partial charge in [-0.15, -0.1) is 0 Å². The van der Waals surface area contributed by atoms with Gasteiger partial charge in [-0.3, -0.25) is 9.59 Å². The van der Waals surface area contributed by atoms with E-state index in [2.05, 4.69) is 10.3 Å². The number of rotatable bonds is 3. The number of pyridine rings is 1. The Bertz CT molecular complexity index is 916. The van der Waals surface area contributed by atoms with Gasteiger partial charge >= 0.3 is 0 Å². The molecule has 3 aromatic rings. The third-order valence-corrected chi connectivity index (χ3v) is 3.72. The monoisotopic (exact) mass is 310 g/mol. The van der Waals surface area contributed by atoms with Gasteiger partial charge in [-0.2, -0.15) is 0 Å². The average molecular weight is 310 g/mol. The molecule has 4 nitrogen and oxygen atoms in total. The first-order valence-electron chi connectivity index (χ1n) is 7.23. The van der Waals surface area contributed by atoms with Gasteiger partial charge in [-0.25, -0.2) is 4.39 Å². The smallest absolute Gasteiger partial charge is 0.261 e. The van der Waals surface area contributed by atoms with Crippen molar-refractivity contribution in [1.29, 1.82) is 0 Å². The van der Waals surface area contributed by atoms with E-state index in [1.165, 1.54) is 12.1 Å². The molecule has 0 aliphatic heterocycles. The third kappa shape index (κ3) is 3.13. The Morgan fingerprint density at radius 3 is 2.57 bits per heavy atom. The molecule has 23 heavy (non-hydrogen) atoms. The summed E-state index contributed by atoms with van der Waals surface area (Å²) in [6.07, 6.45) is 0. The van der Waals surface area contributed by atoms with Crippen molar-refractivity contribution in [1.82, 2.24) is 10.3 Å². The molecule has 0 aliphatic carbocycles. The number of nitrogens with one attached hydrogen (secondary N) is 2. The summed E-state index contributed by atoms with van der Waals surface area (Å²) in [7, 11) is 0. The van der Waals surface area contributed by atoms with Crippen LogP contribution in [0.1, 0.15) is 28.9 Å². The van der Waals surface area contributed by atoms with Crippen LogP contribution in [0.2, 0.25) is 0 Å². The van der Waals surface area contributed by atoms with Gasteiger partial charge < -0.3 is 10.3 Å². The van der Waals surface area contributed by atoms with E-state index in [1.807, 2.05) is 18.2 Å². The summed E-state index contributed by atoms with van der Waals surface area (Å²) in [5, 5.41) is 3.54. The summed E-state index contributed by atoms with van der Waals surface area (Å²) in [5.74, 6) is -0.799. The third-order valence-electron chi connectivity index (χ3n) is 3.72. The number of halogens is 1. The highest BCUT2D eigenvalue weighted by molar-refractivity contribution is 5.97. The second-order valence-electron chi connectivity index (χ2n) is 5.35. The molecule has 1 aromatic heterocycles. The lowest BCUT2D eigenvalue weighted by Gasteiger charge is -2.14. The lowest BCUT2D eigenvalue weighted by Crippen LogP contribution is -2.31. The molecule has 1 amide bonds. The molecule has 0 radical (unpaired) electrons. The molecular weight excluding hydrogens is 295 g/mol. The van der Waals surface area contributed by atoms with Gasteiger partial charge in [0.2, 0.25) is 0 Å². The number of para-hydroxylation sites is 1. The summed E-state index contributed by atoms with van der Waals surface area (Å²) in [6, 6.07) is 14.4. The van der Waals surface area contributed by atoms with Crippen molar-refractivity contribution < 1.29 is 9.18 Å². The van der Waals surface area contributed by atoms with Gasteiger partial charge in [0.15, 0.2) is 0 Å². The van der Waals surface area contributed by atoms with Crippen LogP contribution in [0.25, 0.3) is 10.9 Å². The number of hydrogen-bond acceptors (Lipinski definition) is 2. The number of fused-ring (bicyclic) bond motifs is 1. The second-order valence-corrected chi connectivity index (χ2v) is 5.35. The maximum absolute atomic E-state index is 12.9. The van der Waals surface area contributed by atoms with E-state index in [4.69, 9.17) is 0 Å². The largest absolute Gasteiger partial charge is 0.345 e. The lowest BCUT2D eigenvalue weighted by atomic mass is 10.1. The predicted octanol–water partition coefficient (Wildman–Crippen LogP) is 3.16. The Balaban J connectivity index is 1.87. The number of amides is 1. The minimum atomic E-state index is -0.464. The van der Waals surface area contributed by atoms with E-state index in [0.29, 0.717) is 5.52 Å². The maximum atomic E-state index is 12.9. The van der Waals surface area contributed by atoms with Crippen LogP contribution in [0.3, 0.4) is 0 Å². The van der Waals surface area contributed by atoms with Gasteiger partial charge in [-0.05, 0) is 42.1 Å². The van der Waals surface area contributed by atoms with E-state index < -0.39 is 11.5 Å². The van der Waals surface area contributed by atoms with Crippen LogP contribution in [-0.4, -0.2) is 10.9 Å². The number of aromatic nitrogens is 1. The first kappa shape index (κ1) is 15.0. The van der Waals surface area contributed by atoms with E-state index in [9.17, 15) is 14.0 Å². The first-order valence-corrected chi connectivity index (χ1v) is 7.23. The highest BCUT2D eigenvalue weighted by Crippen LogP contribution is 2.14. The van der Waals surface area contributed by atoms with Crippen LogP contribution in [0.15, 0.2) is 59.4 Å². The van der Waals surface area contributed by atoms with Crippen molar-refractivity contribution >= 4 is 16.8 Å². The van der Waals surface area contributed by atoms with E-state index in [0.717, 1.165) is 10.9 Å². The highest BCUT2D eigenvalue weighted by atomic mass is 19.1. The van der Waals surface area contributed by atoms with Crippen molar-refractivity contribution in [2.75, 3.05) is 0 Å². The molecule has 2 N–H and O–H groups in total.